The number of hydrogen-bond acceptors (Lipinski definition) is 6. The Morgan fingerprint density at radius 1 is 0.966 bits per heavy atom. The first kappa shape index (κ1) is 18.6. The van der Waals surface area contributed by atoms with Crippen molar-refractivity contribution in [3.8, 4) is 17.2 Å². The van der Waals surface area contributed by atoms with Crippen molar-refractivity contribution in [3.63, 3.8) is 0 Å². The summed E-state index contributed by atoms with van der Waals surface area (Å²) < 4.78 is 16.6. The average molecular weight is 391 g/mol. The number of rotatable bonds is 7. The van der Waals surface area contributed by atoms with E-state index in [-0.39, 0.29) is 12.3 Å². The molecule has 0 radical (unpaired) electrons. The summed E-state index contributed by atoms with van der Waals surface area (Å²) in [4.78, 5) is 16.4. The monoisotopic (exact) mass is 391 g/mol. The van der Waals surface area contributed by atoms with Gasteiger partial charge >= 0.3 is 0 Å². The standard InChI is InChI=1S/C22H21N3O4/c26-22(10-11-27-18-4-2-1-3-5-18)25-17-7-9-21(23-15-17)24-16-6-8-19-20(14-16)29-13-12-28-19/h1-9,14-15H,10-13H2,(H,23,24)(H,25,26). The van der Waals surface area contributed by atoms with Crippen molar-refractivity contribution in [2.24, 2.45) is 0 Å². The summed E-state index contributed by atoms with van der Waals surface area (Å²) in [6.45, 7) is 1.42. The Labute approximate surface area is 168 Å². The Hall–Kier alpha value is -3.74. The summed E-state index contributed by atoms with van der Waals surface area (Å²) in [6, 6.07) is 18.6. The fraction of sp³-hybridized carbons (Fsp3) is 0.182. The fourth-order valence-corrected chi connectivity index (χ4v) is 2.81. The van der Waals surface area contributed by atoms with E-state index < -0.39 is 0 Å². The van der Waals surface area contributed by atoms with Gasteiger partial charge in [0.25, 0.3) is 0 Å². The highest BCUT2D eigenvalue weighted by molar-refractivity contribution is 5.90. The molecule has 0 aliphatic carbocycles. The quantitative estimate of drug-likeness (QED) is 0.633. The number of amides is 1. The summed E-state index contributed by atoms with van der Waals surface area (Å²) in [6.07, 6.45) is 1.86. The van der Waals surface area contributed by atoms with Crippen LogP contribution >= 0.6 is 0 Å². The maximum absolute atomic E-state index is 12.1. The number of nitrogens with zero attached hydrogens (tertiary/aromatic N) is 1. The molecular weight excluding hydrogens is 370 g/mol. The Kier molecular flexibility index (Phi) is 5.76. The second-order valence-corrected chi connectivity index (χ2v) is 6.38. The minimum Gasteiger partial charge on any atom is -0.493 e. The lowest BCUT2D eigenvalue weighted by molar-refractivity contribution is -0.116. The molecule has 0 bridgehead atoms. The number of para-hydroxylation sites is 1. The molecule has 0 fully saturated rings. The second kappa shape index (κ2) is 8.97. The van der Waals surface area contributed by atoms with Crippen molar-refractivity contribution in [2.75, 3.05) is 30.5 Å². The van der Waals surface area contributed by atoms with Crippen LogP contribution in [0.3, 0.4) is 0 Å². The normalized spacial score (nSPS) is 12.1. The zero-order valence-electron chi connectivity index (χ0n) is 15.8. The molecule has 1 aliphatic rings. The van der Waals surface area contributed by atoms with Crippen LogP contribution in [0.25, 0.3) is 0 Å². The maximum atomic E-state index is 12.1. The molecule has 0 unspecified atom stereocenters. The summed E-state index contributed by atoms with van der Waals surface area (Å²) in [5.41, 5.74) is 1.47. The number of ether oxygens (including phenoxy) is 3. The highest BCUT2D eigenvalue weighted by Crippen LogP contribution is 2.33. The number of carbonyl (C=O) groups is 1. The minimum atomic E-state index is -0.129. The van der Waals surface area contributed by atoms with Crippen molar-refractivity contribution in [1.82, 2.24) is 4.98 Å². The van der Waals surface area contributed by atoms with E-state index in [2.05, 4.69) is 15.6 Å². The van der Waals surface area contributed by atoms with E-state index in [1.165, 1.54) is 0 Å². The number of aromatic nitrogens is 1. The van der Waals surface area contributed by atoms with Crippen molar-refractivity contribution in [2.45, 2.75) is 6.42 Å². The third-order valence-electron chi connectivity index (χ3n) is 4.20. The van der Waals surface area contributed by atoms with Gasteiger partial charge in [-0.15, -0.1) is 0 Å². The largest absolute Gasteiger partial charge is 0.493 e. The lowest BCUT2D eigenvalue weighted by Crippen LogP contribution is -2.15. The molecule has 148 valence electrons. The third kappa shape index (κ3) is 5.16. The van der Waals surface area contributed by atoms with E-state index in [4.69, 9.17) is 14.2 Å². The van der Waals surface area contributed by atoms with Crippen molar-refractivity contribution in [3.05, 3.63) is 66.9 Å². The van der Waals surface area contributed by atoms with E-state index >= 15 is 0 Å². The SMILES string of the molecule is O=C(CCOc1ccccc1)Nc1ccc(Nc2ccc3c(c2)OCCO3)nc1. The zero-order valence-corrected chi connectivity index (χ0v) is 15.8. The minimum absolute atomic E-state index is 0.129. The van der Waals surface area contributed by atoms with E-state index in [1.54, 1.807) is 18.3 Å². The first-order chi connectivity index (χ1) is 14.3. The van der Waals surface area contributed by atoms with Crippen LogP contribution in [-0.2, 0) is 4.79 Å². The summed E-state index contributed by atoms with van der Waals surface area (Å²) in [5, 5.41) is 6.02. The van der Waals surface area contributed by atoms with E-state index in [1.807, 2.05) is 48.5 Å². The Morgan fingerprint density at radius 3 is 2.55 bits per heavy atom. The third-order valence-corrected chi connectivity index (χ3v) is 4.20. The Morgan fingerprint density at radius 2 is 1.76 bits per heavy atom. The molecular formula is C22H21N3O4. The van der Waals surface area contributed by atoms with Crippen LogP contribution in [0, 0.1) is 0 Å². The average Bonchev–Trinajstić information content (AvgIpc) is 2.76. The van der Waals surface area contributed by atoms with Gasteiger partial charge in [-0.1, -0.05) is 18.2 Å². The Balaban J connectivity index is 1.27. The number of carbonyl (C=O) groups excluding carboxylic acids is 1. The van der Waals surface area contributed by atoms with Gasteiger partial charge in [-0.25, -0.2) is 4.98 Å². The van der Waals surface area contributed by atoms with Gasteiger partial charge in [-0.05, 0) is 36.4 Å². The van der Waals surface area contributed by atoms with E-state index in [0.717, 1.165) is 17.2 Å². The molecule has 1 amide bonds. The fourth-order valence-electron chi connectivity index (χ4n) is 2.81. The molecule has 0 spiro atoms. The highest BCUT2D eigenvalue weighted by Gasteiger charge is 2.12. The van der Waals surface area contributed by atoms with Crippen molar-refractivity contribution >= 4 is 23.1 Å². The first-order valence-corrected chi connectivity index (χ1v) is 9.37. The molecule has 3 aromatic rings. The van der Waals surface area contributed by atoms with Crippen LogP contribution in [0.5, 0.6) is 17.2 Å². The number of nitrogens with one attached hydrogen (secondary N) is 2. The zero-order chi connectivity index (χ0) is 19.9. The number of hydrogen-bond donors (Lipinski definition) is 2. The summed E-state index contributed by atoms with van der Waals surface area (Å²) in [5.74, 6) is 2.73. The lowest BCUT2D eigenvalue weighted by atomic mass is 10.2. The predicted octanol–water partition coefficient (Wildman–Crippen LogP) is 4.00. The van der Waals surface area contributed by atoms with Crippen LogP contribution in [0.2, 0.25) is 0 Å². The van der Waals surface area contributed by atoms with Crippen molar-refractivity contribution in [1.29, 1.82) is 0 Å². The van der Waals surface area contributed by atoms with E-state index in [0.29, 0.717) is 37.1 Å². The van der Waals surface area contributed by atoms with Gasteiger partial charge in [0.2, 0.25) is 5.91 Å². The van der Waals surface area contributed by atoms with Gasteiger partial charge < -0.3 is 24.8 Å². The summed E-state index contributed by atoms with van der Waals surface area (Å²) in [7, 11) is 0. The van der Waals surface area contributed by atoms with Crippen LogP contribution in [-0.4, -0.2) is 30.7 Å². The summed E-state index contributed by atoms with van der Waals surface area (Å²) >= 11 is 0. The van der Waals surface area contributed by atoms with Crippen LogP contribution in [0.1, 0.15) is 6.42 Å². The van der Waals surface area contributed by atoms with Gasteiger partial charge in [0, 0.05) is 11.8 Å². The van der Waals surface area contributed by atoms with Gasteiger partial charge in [0.1, 0.15) is 24.8 Å². The lowest BCUT2D eigenvalue weighted by Gasteiger charge is -2.19. The van der Waals surface area contributed by atoms with Gasteiger partial charge in [-0.2, -0.15) is 0 Å². The van der Waals surface area contributed by atoms with Gasteiger partial charge in [0.15, 0.2) is 11.5 Å². The molecule has 0 saturated heterocycles. The molecule has 1 aliphatic heterocycles. The number of pyridine rings is 1. The number of fused-ring (bicyclic) bond motifs is 1. The molecule has 0 atom stereocenters. The predicted molar refractivity (Wildman–Crippen MR) is 110 cm³/mol. The van der Waals surface area contributed by atoms with Crippen LogP contribution in [0.4, 0.5) is 17.2 Å². The van der Waals surface area contributed by atoms with Gasteiger partial charge in [0.05, 0.1) is 24.9 Å². The highest BCUT2D eigenvalue weighted by atomic mass is 16.6. The molecule has 2 aromatic carbocycles. The molecule has 29 heavy (non-hydrogen) atoms. The topological polar surface area (TPSA) is 81.7 Å². The number of anilines is 3. The molecule has 7 nitrogen and oxygen atoms in total. The maximum Gasteiger partial charge on any atom is 0.227 e. The molecule has 7 heteroatoms. The van der Waals surface area contributed by atoms with E-state index in [9.17, 15) is 4.79 Å². The number of benzene rings is 2. The molecule has 0 saturated carbocycles. The van der Waals surface area contributed by atoms with Crippen LogP contribution in [0.15, 0.2) is 66.9 Å². The Bertz CT molecular complexity index is 962. The smallest absolute Gasteiger partial charge is 0.227 e. The molecule has 1 aromatic heterocycles. The van der Waals surface area contributed by atoms with Gasteiger partial charge in [-0.3, -0.25) is 4.79 Å². The van der Waals surface area contributed by atoms with Crippen LogP contribution < -0.4 is 24.8 Å². The second-order valence-electron chi connectivity index (χ2n) is 6.38. The molecule has 2 heterocycles. The molecule has 2 N–H and O–H groups in total. The van der Waals surface area contributed by atoms with Crippen molar-refractivity contribution < 1.29 is 19.0 Å². The first-order valence-electron chi connectivity index (χ1n) is 9.37. The molecule has 4 rings (SSSR count).